The summed E-state index contributed by atoms with van der Waals surface area (Å²) < 4.78 is 0. The quantitative estimate of drug-likeness (QED) is 0.644. The summed E-state index contributed by atoms with van der Waals surface area (Å²) >= 11 is 0. The molecule has 1 aliphatic heterocycles. The van der Waals surface area contributed by atoms with Crippen molar-refractivity contribution in [1.82, 2.24) is 9.88 Å². The van der Waals surface area contributed by atoms with Gasteiger partial charge in [-0.05, 0) is 25.5 Å². The molecule has 6 nitrogen and oxygen atoms in total. The number of pyridine rings is 1. The molecule has 1 amide bonds. The van der Waals surface area contributed by atoms with Crippen molar-refractivity contribution in [3.63, 3.8) is 0 Å². The molecular weight excluding hydrogens is 282 g/mol. The first-order valence-electron chi connectivity index (χ1n) is 6.76. The molecule has 2 heterocycles. The van der Waals surface area contributed by atoms with Crippen LogP contribution in [0.4, 0.5) is 0 Å². The molecule has 0 saturated heterocycles. The second-order valence-electron chi connectivity index (χ2n) is 5.23. The molecule has 6 heteroatoms. The Balaban J connectivity index is 2.40. The highest BCUT2D eigenvalue weighted by Crippen LogP contribution is 2.28. The number of carboxylic acid groups (broad SMARTS) is 1. The summed E-state index contributed by atoms with van der Waals surface area (Å²) in [5.41, 5.74) is 2.10. The van der Waals surface area contributed by atoms with Crippen molar-refractivity contribution in [1.29, 1.82) is 5.41 Å². The van der Waals surface area contributed by atoms with Crippen LogP contribution in [-0.2, 0) is 6.54 Å². The van der Waals surface area contributed by atoms with Gasteiger partial charge in [0, 0.05) is 30.1 Å². The van der Waals surface area contributed by atoms with Gasteiger partial charge in [-0.2, -0.15) is 0 Å². The van der Waals surface area contributed by atoms with Crippen molar-refractivity contribution < 1.29 is 14.7 Å². The summed E-state index contributed by atoms with van der Waals surface area (Å²) in [4.78, 5) is 29.1. The van der Waals surface area contributed by atoms with E-state index >= 15 is 0 Å². The summed E-state index contributed by atoms with van der Waals surface area (Å²) in [5, 5.41) is 16.7. The Morgan fingerprint density at radius 3 is 2.82 bits per heavy atom. The third-order valence-electron chi connectivity index (χ3n) is 3.61. The number of carbonyl (C=O) groups excluding carboxylic acids is 1. The third kappa shape index (κ3) is 2.67. The van der Waals surface area contributed by atoms with Gasteiger partial charge in [-0.15, -0.1) is 0 Å². The summed E-state index contributed by atoms with van der Waals surface area (Å²) in [5.74, 6) is -1.40. The van der Waals surface area contributed by atoms with Crippen LogP contribution in [0.1, 0.15) is 40.3 Å². The van der Waals surface area contributed by atoms with Crippen LogP contribution in [0.25, 0.3) is 0 Å². The van der Waals surface area contributed by atoms with E-state index in [0.717, 1.165) is 5.57 Å². The molecule has 0 bridgehead atoms. The van der Waals surface area contributed by atoms with Crippen LogP contribution in [0.15, 0.2) is 36.1 Å². The maximum Gasteiger partial charge on any atom is 0.354 e. The van der Waals surface area contributed by atoms with E-state index in [4.69, 9.17) is 5.41 Å². The summed E-state index contributed by atoms with van der Waals surface area (Å²) in [6.07, 6.45) is 4.26. The van der Waals surface area contributed by atoms with E-state index in [1.807, 2.05) is 6.92 Å². The lowest BCUT2D eigenvalue weighted by atomic mass is 10.1. The molecule has 1 atom stereocenters. The van der Waals surface area contributed by atoms with Crippen molar-refractivity contribution >= 4 is 18.1 Å². The number of hydrogen-bond donors (Lipinski definition) is 2. The van der Waals surface area contributed by atoms with E-state index in [1.54, 1.807) is 17.9 Å². The van der Waals surface area contributed by atoms with Crippen molar-refractivity contribution in [2.75, 3.05) is 0 Å². The monoisotopic (exact) mass is 299 g/mol. The van der Waals surface area contributed by atoms with E-state index in [-0.39, 0.29) is 24.2 Å². The number of aromatic carboxylic acids is 1. The number of nitrogens with zero attached hydrogens (tertiary/aromatic N) is 2. The molecule has 0 radical (unpaired) electrons. The average Bonchev–Trinajstić information content (AvgIpc) is 2.81. The fourth-order valence-electron chi connectivity index (χ4n) is 2.49. The van der Waals surface area contributed by atoms with E-state index < -0.39 is 5.97 Å². The molecule has 2 rings (SSSR count). The maximum absolute atomic E-state index is 12.5. The largest absolute Gasteiger partial charge is 0.477 e. The number of rotatable bonds is 5. The zero-order valence-corrected chi connectivity index (χ0v) is 12.5. The van der Waals surface area contributed by atoms with Crippen LogP contribution in [0.2, 0.25) is 0 Å². The Kier molecular flexibility index (Phi) is 4.21. The fraction of sp³-hybridized carbons (Fsp3) is 0.250. The number of amides is 1. The number of fused-ring (bicyclic) bond motifs is 1. The highest BCUT2D eigenvalue weighted by molar-refractivity contribution is 6.02. The molecule has 114 valence electrons. The van der Waals surface area contributed by atoms with E-state index in [9.17, 15) is 14.7 Å². The van der Waals surface area contributed by atoms with Gasteiger partial charge in [0.2, 0.25) is 0 Å². The van der Waals surface area contributed by atoms with E-state index in [0.29, 0.717) is 16.7 Å². The number of aromatic nitrogens is 1. The number of hydrogen-bond acceptors (Lipinski definition) is 4. The topological polar surface area (TPSA) is 94.3 Å². The van der Waals surface area contributed by atoms with Gasteiger partial charge in [0.05, 0.1) is 6.04 Å². The first-order chi connectivity index (χ1) is 10.4. The Bertz CT molecular complexity index is 707. The fourth-order valence-corrected chi connectivity index (χ4v) is 2.49. The normalized spacial score (nSPS) is 15.5. The molecule has 0 aromatic carbocycles. The van der Waals surface area contributed by atoms with Gasteiger partial charge < -0.3 is 15.4 Å². The Morgan fingerprint density at radius 2 is 2.27 bits per heavy atom. The zero-order chi connectivity index (χ0) is 16.4. The average molecular weight is 299 g/mol. The Hall–Kier alpha value is -2.76. The third-order valence-corrected chi connectivity index (χ3v) is 3.61. The number of nitrogens with one attached hydrogen (secondary N) is 1. The van der Waals surface area contributed by atoms with Crippen molar-refractivity contribution in [2.24, 2.45) is 0 Å². The molecule has 22 heavy (non-hydrogen) atoms. The minimum atomic E-state index is -1.15. The minimum Gasteiger partial charge on any atom is -0.477 e. The maximum atomic E-state index is 12.5. The molecule has 0 aliphatic carbocycles. The van der Waals surface area contributed by atoms with Crippen molar-refractivity contribution in [3.05, 3.63) is 52.9 Å². The first kappa shape index (κ1) is 15.6. The van der Waals surface area contributed by atoms with Crippen molar-refractivity contribution in [2.45, 2.75) is 26.4 Å². The van der Waals surface area contributed by atoms with Gasteiger partial charge in [0.25, 0.3) is 5.91 Å². The molecule has 1 aromatic rings. The van der Waals surface area contributed by atoms with Crippen LogP contribution in [0.5, 0.6) is 0 Å². The molecule has 0 spiro atoms. The van der Waals surface area contributed by atoms with Gasteiger partial charge in [-0.1, -0.05) is 18.2 Å². The number of allylic oxidation sites excluding steroid dienone is 2. The van der Waals surface area contributed by atoms with Crippen molar-refractivity contribution in [3.8, 4) is 0 Å². The lowest BCUT2D eigenvalue weighted by molar-refractivity contribution is 0.0683. The summed E-state index contributed by atoms with van der Waals surface area (Å²) in [7, 11) is 0. The van der Waals surface area contributed by atoms with Gasteiger partial charge in [-0.3, -0.25) is 4.79 Å². The molecule has 0 saturated carbocycles. The first-order valence-corrected chi connectivity index (χ1v) is 6.76. The standard InChI is InChI=1S/C16H17N3O3/c1-9(2)6-11(7-17)10(3)19-8-13-12(15(19)20)4-5-18-14(13)16(21)22/h4-7,10,17H,1,8H2,2-3H3,(H,21,22)/b11-6+,17-7?. The van der Waals surface area contributed by atoms with Crippen LogP contribution in [-0.4, -0.2) is 39.1 Å². The number of carbonyl (C=O) groups is 2. The summed E-state index contributed by atoms with van der Waals surface area (Å²) in [6, 6.07) is 1.18. The van der Waals surface area contributed by atoms with Crippen LogP contribution < -0.4 is 0 Å². The van der Waals surface area contributed by atoms with E-state index in [2.05, 4.69) is 11.6 Å². The van der Waals surface area contributed by atoms with Gasteiger partial charge in [-0.25, -0.2) is 9.78 Å². The molecule has 1 aromatic heterocycles. The molecule has 2 N–H and O–H groups in total. The SMILES string of the molecule is C=C(C)/C=C(\C=N)C(C)N1Cc2c(ccnc2C(=O)O)C1=O. The molecule has 1 aliphatic rings. The zero-order valence-electron chi connectivity index (χ0n) is 12.5. The van der Waals surface area contributed by atoms with Crippen LogP contribution in [0, 0.1) is 5.41 Å². The smallest absolute Gasteiger partial charge is 0.354 e. The van der Waals surface area contributed by atoms with Crippen LogP contribution in [0.3, 0.4) is 0 Å². The minimum absolute atomic E-state index is 0.0965. The van der Waals surface area contributed by atoms with Crippen LogP contribution >= 0.6 is 0 Å². The number of carboxylic acids is 1. The highest BCUT2D eigenvalue weighted by atomic mass is 16.4. The van der Waals surface area contributed by atoms with Gasteiger partial charge in [0.1, 0.15) is 0 Å². The van der Waals surface area contributed by atoms with Gasteiger partial charge >= 0.3 is 5.97 Å². The Labute approximate surface area is 128 Å². The van der Waals surface area contributed by atoms with Gasteiger partial charge in [0.15, 0.2) is 5.69 Å². The van der Waals surface area contributed by atoms with E-state index in [1.165, 1.54) is 18.5 Å². The second-order valence-corrected chi connectivity index (χ2v) is 5.23. The Morgan fingerprint density at radius 1 is 1.59 bits per heavy atom. The molecule has 1 unspecified atom stereocenters. The second kappa shape index (κ2) is 5.93. The highest BCUT2D eigenvalue weighted by Gasteiger charge is 2.35. The molecule has 0 fully saturated rings. The predicted octanol–water partition coefficient (Wildman–Crippen LogP) is 2.28. The molecular formula is C16H17N3O3. The lowest BCUT2D eigenvalue weighted by Gasteiger charge is -2.25. The predicted molar refractivity (Wildman–Crippen MR) is 82.2 cm³/mol. The summed E-state index contributed by atoms with van der Waals surface area (Å²) in [6.45, 7) is 7.56. The lowest BCUT2D eigenvalue weighted by Crippen LogP contribution is -2.35.